The maximum atomic E-state index is 12.6. The predicted molar refractivity (Wildman–Crippen MR) is 98.0 cm³/mol. The summed E-state index contributed by atoms with van der Waals surface area (Å²) in [6.45, 7) is 7.95. The molecule has 2 saturated heterocycles. The summed E-state index contributed by atoms with van der Waals surface area (Å²) < 4.78 is 11.2. The number of carbonyl (C=O) groups excluding carboxylic acids is 1. The number of ether oxygens (including phenoxy) is 1. The third kappa shape index (κ3) is 3.81. The van der Waals surface area contributed by atoms with Crippen molar-refractivity contribution < 1.29 is 14.1 Å². The molecule has 2 fully saturated rings. The van der Waals surface area contributed by atoms with Gasteiger partial charge < -0.3 is 19.5 Å². The van der Waals surface area contributed by atoms with Crippen LogP contribution in [-0.4, -0.2) is 64.4 Å². The quantitative estimate of drug-likeness (QED) is 0.877. The Morgan fingerprint density at radius 1 is 1.37 bits per heavy atom. The summed E-state index contributed by atoms with van der Waals surface area (Å²) in [4.78, 5) is 20.9. The minimum absolute atomic E-state index is 0.0448. The Labute approximate surface area is 158 Å². The van der Waals surface area contributed by atoms with Crippen LogP contribution in [0.3, 0.4) is 0 Å². The Balaban J connectivity index is 1.38. The second-order valence-electron chi connectivity index (χ2n) is 7.17. The van der Waals surface area contributed by atoms with Gasteiger partial charge in [0.1, 0.15) is 5.76 Å². The zero-order chi connectivity index (χ0) is 18.8. The minimum atomic E-state index is -0.0610. The maximum Gasteiger partial charge on any atom is 0.317 e. The van der Waals surface area contributed by atoms with Crippen LogP contribution in [0.1, 0.15) is 22.6 Å². The number of hydrogen-bond acceptors (Lipinski definition) is 6. The summed E-state index contributed by atoms with van der Waals surface area (Å²) in [5.41, 5.74) is 3.05. The molecule has 2 aliphatic heterocycles. The van der Waals surface area contributed by atoms with E-state index in [4.69, 9.17) is 9.26 Å². The van der Waals surface area contributed by atoms with E-state index in [2.05, 4.69) is 20.4 Å². The fourth-order valence-electron chi connectivity index (χ4n) is 3.84. The molecular weight excluding hydrogens is 346 g/mol. The lowest BCUT2D eigenvalue weighted by Crippen LogP contribution is -2.50. The van der Waals surface area contributed by atoms with Gasteiger partial charge in [-0.25, -0.2) is 4.79 Å². The van der Waals surface area contributed by atoms with Gasteiger partial charge in [-0.3, -0.25) is 9.88 Å². The average Bonchev–Trinajstić information content (AvgIpc) is 3.26. The first kappa shape index (κ1) is 17.9. The van der Waals surface area contributed by atoms with Crippen molar-refractivity contribution >= 4 is 6.03 Å². The van der Waals surface area contributed by atoms with E-state index in [1.165, 1.54) is 0 Å². The molecule has 2 atom stereocenters. The van der Waals surface area contributed by atoms with Crippen LogP contribution in [0, 0.1) is 13.8 Å². The number of carbonyl (C=O) groups is 1. The Morgan fingerprint density at radius 2 is 2.26 bits per heavy atom. The molecule has 8 heteroatoms. The molecule has 4 heterocycles. The highest BCUT2D eigenvalue weighted by atomic mass is 16.5. The molecule has 2 aromatic heterocycles. The third-order valence-electron chi connectivity index (χ3n) is 5.41. The van der Waals surface area contributed by atoms with Gasteiger partial charge in [-0.1, -0.05) is 11.2 Å². The van der Waals surface area contributed by atoms with Crippen LogP contribution in [-0.2, 0) is 17.8 Å². The third-order valence-corrected chi connectivity index (χ3v) is 5.41. The van der Waals surface area contributed by atoms with Gasteiger partial charge in [0.05, 0.1) is 31.0 Å². The summed E-state index contributed by atoms with van der Waals surface area (Å²) in [7, 11) is 0. The first-order chi connectivity index (χ1) is 13.1. The standard InChI is InChI=1S/C19H25N5O3/c1-13-16(14(2)27-22-13)10-23-6-7-26-18-12-24(11-17(18)23)19(25)21-9-15-4-3-5-20-8-15/h3-5,8,17-18H,6-7,9-12H2,1-2H3,(H,21,25)/t17-,18+/m0/s1. The Kier molecular flexibility index (Phi) is 5.09. The molecule has 0 aliphatic carbocycles. The normalized spacial score (nSPS) is 22.7. The van der Waals surface area contributed by atoms with E-state index in [9.17, 15) is 4.79 Å². The van der Waals surface area contributed by atoms with Gasteiger partial charge in [-0.2, -0.15) is 0 Å². The van der Waals surface area contributed by atoms with Crippen LogP contribution >= 0.6 is 0 Å². The number of hydrogen-bond donors (Lipinski definition) is 1. The van der Waals surface area contributed by atoms with Crippen molar-refractivity contribution in [3.63, 3.8) is 0 Å². The van der Waals surface area contributed by atoms with Crippen LogP contribution in [0.15, 0.2) is 29.0 Å². The van der Waals surface area contributed by atoms with Gasteiger partial charge >= 0.3 is 6.03 Å². The highest BCUT2D eigenvalue weighted by Gasteiger charge is 2.42. The van der Waals surface area contributed by atoms with Crippen molar-refractivity contribution in [2.24, 2.45) is 0 Å². The fraction of sp³-hybridized carbons (Fsp3) is 0.526. The molecule has 2 aliphatic rings. The molecule has 4 rings (SSSR count). The second-order valence-corrected chi connectivity index (χ2v) is 7.17. The summed E-state index contributed by atoms with van der Waals surface area (Å²) in [6, 6.07) is 3.95. The number of rotatable bonds is 4. The first-order valence-electron chi connectivity index (χ1n) is 9.31. The number of nitrogens with one attached hydrogen (secondary N) is 1. The SMILES string of the molecule is Cc1noc(C)c1CN1CCO[C@@H]2CN(C(=O)NCc3cccnc3)C[C@@H]21. The van der Waals surface area contributed by atoms with E-state index in [1.807, 2.05) is 30.9 Å². The zero-order valence-electron chi connectivity index (χ0n) is 15.7. The molecule has 0 spiro atoms. The number of nitrogens with zero attached hydrogens (tertiary/aromatic N) is 4. The number of aryl methyl sites for hydroxylation is 2. The highest BCUT2D eigenvalue weighted by Crippen LogP contribution is 2.26. The van der Waals surface area contributed by atoms with Gasteiger partial charge in [-0.15, -0.1) is 0 Å². The van der Waals surface area contributed by atoms with E-state index in [-0.39, 0.29) is 18.2 Å². The lowest BCUT2D eigenvalue weighted by atomic mass is 10.1. The van der Waals surface area contributed by atoms with Gasteiger partial charge in [0.15, 0.2) is 0 Å². The molecule has 0 unspecified atom stereocenters. The average molecular weight is 371 g/mol. The molecule has 0 aromatic carbocycles. The molecule has 0 radical (unpaired) electrons. The number of fused-ring (bicyclic) bond motifs is 1. The first-order valence-corrected chi connectivity index (χ1v) is 9.31. The summed E-state index contributed by atoms with van der Waals surface area (Å²) in [5, 5.41) is 7.03. The highest BCUT2D eigenvalue weighted by molar-refractivity contribution is 5.74. The number of likely N-dealkylation sites (tertiary alicyclic amines) is 1. The van der Waals surface area contributed by atoms with Crippen molar-refractivity contribution in [3.05, 3.63) is 47.1 Å². The monoisotopic (exact) mass is 371 g/mol. The van der Waals surface area contributed by atoms with Crippen LogP contribution in [0.25, 0.3) is 0 Å². The number of pyridine rings is 1. The Morgan fingerprint density at radius 3 is 3.00 bits per heavy atom. The fourth-order valence-corrected chi connectivity index (χ4v) is 3.84. The number of aromatic nitrogens is 2. The van der Waals surface area contributed by atoms with Crippen molar-refractivity contribution in [2.75, 3.05) is 26.2 Å². The largest absolute Gasteiger partial charge is 0.373 e. The molecule has 2 aromatic rings. The van der Waals surface area contributed by atoms with Gasteiger partial charge in [-0.05, 0) is 25.5 Å². The van der Waals surface area contributed by atoms with Crippen molar-refractivity contribution in [2.45, 2.75) is 39.1 Å². The summed E-state index contributed by atoms with van der Waals surface area (Å²) >= 11 is 0. The molecule has 2 amide bonds. The molecular formula is C19H25N5O3. The van der Waals surface area contributed by atoms with E-state index < -0.39 is 0 Å². The Bertz CT molecular complexity index is 774. The second kappa shape index (κ2) is 7.66. The van der Waals surface area contributed by atoms with Crippen LogP contribution in [0.4, 0.5) is 4.79 Å². The van der Waals surface area contributed by atoms with Gasteiger partial charge in [0.25, 0.3) is 0 Å². The Hall–Kier alpha value is -2.45. The summed E-state index contributed by atoms with van der Waals surface area (Å²) in [5.74, 6) is 0.861. The number of amides is 2. The molecule has 8 nitrogen and oxygen atoms in total. The smallest absolute Gasteiger partial charge is 0.317 e. The van der Waals surface area contributed by atoms with Crippen LogP contribution < -0.4 is 5.32 Å². The van der Waals surface area contributed by atoms with Crippen molar-refractivity contribution in [1.82, 2.24) is 25.3 Å². The lowest BCUT2D eigenvalue weighted by Gasteiger charge is -2.36. The number of urea groups is 1. The minimum Gasteiger partial charge on any atom is -0.373 e. The van der Waals surface area contributed by atoms with E-state index in [0.717, 1.165) is 35.7 Å². The van der Waals surface area contributed by atoms with Gasteiger partial charge in [0.2, 0.25) is 0 Å². The van der Waals surface area contributed by atoms with Crippen LogP contribution in [0.5, 0.6) is 0 Å². The van der Waals surface area contributed by atoms with E-state index in [0.29, 0.717) is 26.2 Å². The molecule has 1 N–H and O–H groups in total. The molecule has 27 heavy (non-hydrogen) atoms. The van der Waals surface area contributed by atoms with E-state index >= 15 is 0 Å². The topological polar surface area (TPSA) is 83.7 Å². The summed E-state index contributed by atoms with van der Waals surface area (Å²) in [6.07, 6.45) is 3.53. The molecule has 0 bridgehead atoms. The van der Waals surface area contributed by atoms with E-state index in [1.54, 1.807) is 12.4 Å². The lowest BCUT2D eigenvalue weighted by molar-refractivity contribution is -0.0504. The zero-order valence-corrected chi connectivity index (χ0v) is 15.7. The molecule has 144 valence electrons. The van der Waals surface area contributed by atoms with Gasteiger partial charge in [0, 0.05) is 44.1 Å². The van der Waals surface area contributed by atoms with Crippen molar-refractivity contribution in [1.29, 1.82) is 0 Å². The number of morpholine rings is 1. The van der Waals surface area contributed by atoms with Crippen LogP contribution in [0.2, 0.25) is 0 Å². The molecule has 0 saturated carbocycles. The maximum absolute atomic E-state index is 12.6. The predicted octanol–water partition coefficient (Wildman–Crippen LogP) is 1.48. The van der Waals surface area contributed by atoms with Crippen molar-refractivity contribution in [3.8, 4) is 0 Å².